The molecular weight excluding hydrogens is 306 g/mol. The second kappa shape index (κ2) is 6.15. The van der Waals surface area contributed by atoms with Gasteiger partial charge >= 0.3 is 5.69 Å². The highest BCUT2D eigenvalue weighted by atomic mass is 35.5. The molecule has 1 aromatic heterocycles. The molecule has 1 fully saturated rings. The monoisotopic (exact) mass is 319 g/mol. The summed E-state index contributed by atoms with van der Waals surface area (Å²) in [5, 5.41) is 14.9. The minimum Gasteiger partial charge on any atom is -0.351 e. The lowest BCUT2D eigenvalue weighted by Crippen LogP contribution is -2.21. The van der Waals surface area contributed by atoms with Crippen molar-refractivity contribution in [3.63, 3.8) is 0 Å². The van der Waals surface area contributed by atoms with Crippen molar-refractivity contribution in [2.75, 3.05) is 23.3 Å². The predicted molar refractivity (Wildman–Crippen MR) is 84.9 cm³/mol. The molecule has 8 heteroatoms. The van der Waals surface area contributed by atoms with Gasteiger partial charge in [-0.1, -0.05) is 23.7 Å². The van der Waals surface area contributed by atoms with Crippen molar-refractivity contribution in [2.45, 2.75) is 12.8 Å². The molecule has 1 aliphatic rings. The first kappa shape index (κ1) is 14.5. The Hall–Kier alpha value is -2.41. The van der Waals surface area contributed by atoms with Crippen LogP contribution in [-0.2, 0) is 0 Å². The maximum absolute atomic E-state index is 11.5. The van der Waals surface area contributed by atoms with Crippen molar-refractivity contribution in [3.8, 4) is 0 Å². The Bertz CT molecular complexity index is 703. The molecule has 2 aromatic rings. The maximum Gasteiger partial charge on any atom is 0.353 e. The Morgan fingerprint density at radius 2 is 1.95 bits per heavy atom. The van der Waals surface area contributed by atoms with E-state index in [1.54, 1.807) is 24.3 Å². The van der Waals surface area contributed by atoms with Crippen LogP contribution in [0.2, 0.25) is 5.02 Å². The van der Waals surface area contributed by atoms with E-state index in [4.69, 9.17) is 11.6 Å². The molecule has 7 nitrogen and oxygen atoms in total. The number of nitro groups is 1. The lowest BCUT2D eigenvalue weighted by Gasteiger charge is -2.17. The van der Waals surface area contributed by atoms with Crippen LogP contribution in [0, 0.1) is 10.1 Å². The van der Waals surface area contributed by atoms with Crippen LogP contribution in [-0.4, -0.2) is 28.0 Å². The van der Waals surface area contributed by atoms with E-state index in [1.807, 2.05) is 4.90 Å². The SMILES string of the molecule is O=[N+]([O-])c1c(Nc2ccccc2Cl)ncnc1N1CCCC1. The van der Waals surface area contributed by atoms with E-state index in [9.17, 15) is 10.1 Å². The molecule has 114 valence electrons. The second-order valence-electron chi connectivity index (χ2n) is 4.95. The fourth-order valence-corrected chi connectivity index (χ4v) is 2.66. The van der Waals surface area contributed by atoms with Gasteiger partial charge < -0.3 is 10.2 Å². The first-order chi connectivity index (χ1) is 10.7. The minimum absolute atomic E-state index is 0.121. The summed E-state index contributed by atoms with van der Waals surface area (Å²) in [6.07, 6.45) is 3.35. The summed E-state index contributed by atoms with van der Waals surface area (Å²) in [6, 6.07) is 7.03. The van der Waals surface area contributed by atoms with E-state index in [0.29, 0.717) is 16.5 Å². The van der Waals surface area contributed by atoms with Gasteiger partial charge in [-0.3, -0.25) is 10.1 Å². The maximum atomic E-state index is 11.5. The van der Waals surface area contributed by atoms with Gasteiger partial charge in [0.25, 0.3) is 0 Å². The van der Waals surface area contributed by atoms with E-state index in [2.05, 4.69) is 15.3 Å². The van der Waals surface area contributed by atoms with Crippen molar-refractivity contribution < 1.29 is 4.92 Å². The third-order valence-electron chi connectivity index (χ3n) is 3.52. The number of anilines is 3. The van der Waals surface area contributed by atoms with Crippen LogP contribution < -0.4 is 10.2 Å². The zero-order chi connectivity index (χ0) is 15.5. The van der Waals surface area contributed by atoms with E-state index in [1.165, 1.54) is 6.33 Å². The van der Waals surface area contributed by atoms with Crippen LogP contribution in [0.25, 0.3) is 0 Å². The third-order valence-corrected chi connectivity index (χ3v) is 3.85. The molecule has 1 N–H and O–H groups in total. The number of hydrogen-bond acceptors (Lipinski definition) is 6. The molecule has 1 aliphatic heterocycles. The summed E-state index contributed by atoms with van der Waals surface area (Å²) in [5.41, 5.74) is 0.447. The number of benzene rings is 1. The lowest BCUT2D eigenvalue weighted by atomic mass is 10.3. The summed E-state index contributed by atoms with van der Waals surface area (Å²) in [7, 11) is 0. The Morgan fingerprint density at radius 1 is 1.23 bits per heavy atom. The second-order valence-corrected chi connectivity index (χ2v) is 5.36. The van der Waals surface area contributed by atoms with Crippen LogP contribution in [0.15, 0.2) is 30.6 Å². The van der Waals surface area contributed by atoms with Crippen molar-refractivity contribution in [3.05, 3.63) is 45.7 Å². The van der Waals surface area contributed by atoms with E-state index in [0.717, 1.165) is 25.9 Å². The van der Waals surface area contributed by atoms with Gasteiger partial charge in [0.05, 0.1) is 15.6 Å². The summed E-state index contributed by atoms with van der Waals surface area (Å²) < 4.78 is 0. The Labute approximate surface area is 132 Å². The molecule has 0 saturated carbocycles. The zero-order valence-corrected chi connectivity index (χ0v) is 12.5. The van der Waals surface area contributed by atoms with Crippen LogP contribution in [0.3, 0.4) is 0 Å². The average Bonchev–Trinajstić information content (AvgIpc) is 3.03. The summed E-state index contributed by atoms with van der Waals surface area (Å²) in [4.78, 5) is 21.1. The van der Waals surface area contributed by atoms with Gasteiger partial charge in [0.1, 0.15) is 6.33 Å². The van der Waals surface area contributed by atoms with Gasteiger partial charge in [0.2, 0.25) is 11.6 Å². The van der Waals surface area contributed by atoms with Gasteiger partial charge in [0, 0.05) is 13.1 Å². The van der Waals surface area contributed by atoms with Crippen molar-refractivity contribution in [1.29, 1.82) is 0 Å². The van der Waals surface area contributed by atoms with Gasteiger partial charge in [-0.05, 0) is 25.0 Å². The molecule has 0 unspecified atom stereocenters. The number of para-hydroxylation sites is 1. The van der Waals surface area contributed by atoms with E-state index in [-0.39, 0.29) is 11.5 Å². The smallest absolute Gasteiger partial charge is 0.351 e. The first-order valence-electron chi connectivity index (χ1n) is 6.92. The highest BCUT2D eigenvalue weighted by molar-refractivity contribution is 6.33. The topological polar surface area (TPSA) is 84.2 Å². The molecule has 0 atom stereocenters. The van der Waals surface area contributed by atoms with Crippen LogP contribution in [0.5, 0.6) is 0 Å². The van der Waals surface area contributed by atoms with Gasteiger partial charge in [-0.15, -0.1) is 0 Å². The van der Waals surface area contributed by atoms with Crippen molar-refractivity contribution in [2.24, 2.45) is 0 Å². The number of aromatic nitrogens is 2. The molecule has 2 heterocycles. The molecule has 22 heavy (non-hydrogen) atoms. The number of nitrogens with one attached hydrogen (secondary N) is 1. The first-order valence-corrected chi connectivity index (χ1v) is 7.30. The Kier molecular flexibility index (Phi) is 4.06. The molecule has 0 amide bonds. The number of hydrogen-bond donors (Lipinski definition) is 1. The minimum atomic E-state index is -0.452. The predicted octanol–water partition coefficient (Wildman–Crippen LogP) is 3.38. The Balaban J connectivity index is 2.02. The van der Waals surface area contributed by atoms with Crippen molar-refractivity contribution >= 4 is 34.6 Å². The number of rotatable bonds is 4. The third kappa shape index (κ3) is 2.80. The molecule has 0 radical (unpaired) electrons. The summed E-state index contributed by atoms with van der Waals surface area (Å²) >= 11 is 6.09. The highest BCUT2D eigenvalue weighted by Gasteiger charge is 2.28. The highest BCUT2D eigenvalue weighted by Crippen LogP contribution is 2.36. The van der Waals surface area contributed by atoms with E-state index < -0.39 is 4.92 Å². The molecule has 0 bridgehead atoms. The van der Waals surface area contributed by atoms with Crippen LogP contribution >= 0.6 is 11.6 Å². The van der Waals surface area contributed by atoms with Crippen LogP contribution in [0.1, 0.15) is 12.8 Å². The largest absolute Gasteiger partial charge is 0.353 e. The number of nitrogens with zero attached hydrogens (tertiary/aromatic N) is 4. The normalized spacial score (nSPS) is 14.1. The quantitative estimate of drug-likeness (QED) is 0.687. The molecule has 1 aromatic carbocycles. The summed E-state index contributed by atoms with van der Waals surface area (Å²) in [6.45, 7) is 1.53. The summed E-state index contributed by atoms with van der Waals surface area (Å²) in [5.74, 6) is 0.502. The van der Waals surface area contributed by atoms with Crippen LogP contribution in [0.4, 0.5) is 23.0 Å². The zero-order valence-electron chi connectivity index (χ0n) is 11.7. The molecule has 0 spiro atoms. The Morgan fingerprint density at radius 3 is 2.64 bits per heavy atom. The fraction of sp³-hybridized carbons (Fsp3) is 0.286. The average molecular weight is 320 g/mol. The molecule has 1 saturated heterocycles. The van der Waals surface area contributed by atoms with Crippen molar-refractivity contribution in [1.82, 2.24) is 9.97 Å². The van der Waals surface area contributed by atoms with Gasteiger partial charge in [-0.25, -0.2) is 9.97 Å². The standard InChI is InChI=1S/C14H14ClN5O2/c15-10-5-1-2-6-11(10)18-13-12(20(21)22)14(17-9-16-13)19-7-3-4-8-19/h1-2,5-6,9H,3-4,7-8H2,(H,16,17,18). The lowest BCUT2D eigenvalue weighted by molar-refractivity contribution is -0.383. The molecule has 0 aliphatic carbocycles. The molecular formula is C14H14ClN5O2. The fourth-order valence-electron chi connectivity index (χ4n) is 2.48. The van der Waals surface area contributed by atoms with E-state index >= 15 is 0 Å². The number of halogens is 1. The van der Waals surface area contributed by atoms with Gasteiger partial charge in [-0.2, -0.15) is 0 Å². The molecule has 3 rings (SSSR count). The van der Waals surface area contributed by atoms with Gasteiger partial charge in [0.15, 0.2) is 0 Å².